The van der Waals surface area contributed by atoms with Crippen molar-refractivity contribution in [2.24, 2.45) is 5.92 Å². The highest BCUT2D eigenvalue weighted by atomic mass is 16.2. The zero-order chi connectivity index (χ0) is 18.2. The minimum Gasteiger partial charge on any atom is -0.339 e. The second-order valence-corrected chi connectivity index (χ2v) is 8.26. The number of rotatable bonds is 4. The van der Waals surface area contributed by atoms with E-state index in [-0.39, 0.29) is 11.9 Å². The van der Waals surface area contributed by atoms with Gasteiger partial charge in [-0.25, -0.2) is 5.43 Å². The molecule has 0 spiro atoms. The predicted octanol–water partition coefficient (Wildman–Crippen LogP) is 2.13. The van der Waals surface area contributed by atoms with Crippen LogP contribution in [0.5, 0.6) is 0 Å². The van der Waals surface area contributed by atoms with Crippen molar-refractivity contribution in [1.82, 2.24) is 20.7 Å². The monoisotopic (exact) mass is 364 g/mol. The number of carbonyl (C=O) groups excluding carboxylic acids is 1. The van der Waals surface area contributed by atoms with Gasteiger partial charge in [0.15, 0.2) is 0 Å². The van der Waals surface area contributed by atoms with E-state index in [1.54, 1.807) is 0 Å². The summed E-state index contributed by atoms with van der Waals surface area (Å²) in [6.07, 6.45) is 3.57. The lowest BCUT2D eigenvalue weighted by Crippen LogP contribution is -2.53. The van der Waals surface area contributed by atoms with Crippen molar-refractivity contribution >= 4 is 16.7 Å². The molecule has 5 heteroatoms. The van der Waals surface area contributed by atoms with E-state index in [0.29, 0.717) is 6.04 Å². The molecule has 3 fully saturated rings. The first-order valence-electron chi connectivity index (χ1n) is 10.3. The second-order valence-electron chi connectivity index (χ2n) is 8.26. The highest BCUT2D eigenvalue weighted by molar-refractivity contribution is 5.85. The summed E-state index contributed by atoms with van der Waals surface area (Å²) in [4.78, 5) is 17.4. The third-order valence-corrected chi connectivity index (χ3v) is 6.38. The summed E-state index contributed by atoms with van der Waals surface area (Å²) in [5, 5.41) is 2.64. The molecule has 0 aromatic heterocycles. The minimum atomic E-state index is -0.0415. The smallest absolute Gasteiger partial charge is 0.241 e. The lowest BCUT2D eigenvalue weighted by molar-refractivity contribution is -0.135. The van der Waals surface area contributed by atoms with Crippen molar-refractivity contribution in [2.45, 2.75) is 37.9 Å². The van der Waals surface area contributed by atoms with E-state index in [9.17, 15) is 4.79 Å². The molecule has 2 aromatic rings. The molecule has 2 heterocycles. The Morgan fingerprint density at radius 2 is 1.74 bits per heavy atom. The fourth-order valence-electron chi connectivity index (χ4n) is 4.57. The summed E-state index contributed by atoms with van der Waals surface area (Å²) >= 11 is 0. The number of amides is 1. The van der Waals surface area contributed by atoms with E-state index in [0.717, 1.165) is 45.1 Å². The maximum Gasteiger partial charge on any atom is 0.241 e. The average molecular weight is 364 g/mol. The Balaban J connectivity index is 1.17. The van der Waals surface area contributed by atoms with Gasteiger partial charge in [-0.1, -0.05) is 42.5 Å². The summed E-state index contributed by atoms with van der Waals surface area (Å²) < 4.78 is 0. The van der Waals surface area contributed by atoms with Crippen LogP contribution < -0.4 is 10.9 Å². The zero-order valence-electron chi connectivity index (χ0n) is 15.7. The Labute approximate surface area is 160 Å². The molecule has 0 radical (unpaired) electrons. The van der Waals surface area contributed by atoms with Gasteiger partial charge in [-0.15, -0.1) is 0 Å². The standard InChI is InChI=1S/C22H28N4O/c27-22(21-14-20(23-24-21)17-8-9-17)26-12-10-25(11-13-26)15-18-6-3-5-16-4-1-2-7-19(16)18/h1-7,17,20-21,23-24H,8-15H2. The van der Waals surface area contributed by atoms with E-state index in [4.69, 9.17) is 0 Å². The van der Waals surface area contributed by atoms with E-state index in [1.807, 2.05) is 4.90 Å². The number of hydrogen-bond acceptors (Lipinski definition) is 4. The van der Waals surface area contributed by atoms with Crippen molar-refractivity contribution in [3.8, 4) is 0 Å². The summed E-state index contributed by atoms with van der Waals surface area (Å²) in [6, 6.07) is 15.6. The van der Waals surface area contributed by atoms with Crippen LogP contribution in [-0.4, -0.2) is 54.0 Å². The molecule has 3 aliphatic rings. The fourth-order valence-corrected chi connectivity index (χ4v) is 4.57. The van der Waals surface area contributed by atoms with Crippen LogP contribution in [0.25, 0.3) is 10.8 Å². The van der Waals surface area contributed by atoms with Crippen LogP contribution in [0.2, 0.25) is 0 Å². The Hall–Kier alpha value is -1.95. The van der Waals surface area contributed by atoms with Gasteiger partial charge in [-0.2, -0.15) is 0 Å². The molecule has 1 aliphatic carbocycles. The maximum atomic E-state index is 12.8. The number of nitrogens with one attached hydrogen (secondary N) is 2. The quantitative estimate of drug-likeness (QED) is 0.873. The van der Waals surface area contributed by atoms with Crippen LogP contribution in [0.1, 0.15) is 24.8 Å². The van der Waals surface area contributed by atoms with E-state index in [1.165, 1.54) is 29.2 Å². The first-order chi connectivity index (χ1) is 13.3. The van der Waals surface area contributed by atoms with Crippen LogP contribution in [-0.2, 0) is 11.3 Å². The Bertz CT molecular complexity index is 821. The molecule has 2 atom stereocenters. The Kier molecular flexibility index (Phi) is 4.60. The molecule has 5 rings (SSSR count). The summed E-state index contributed by atoms with van der Waals surface area (Å²) in [7, 11) is 0. The summed E-state index contributed by atoms with van der Waals surface area (Å²) in [5.74, 6) is 1.06. The number of nitrogens with zero attached hydrogens (tertiary/aromatic N) is 2. The molecule has 2 saturated heterocycles. The van der Waals surface area contributed by atoms with Gasteiger partial charge in [-0.05, 0) is 41.5 Å². The number of hydrogen-bond donors (Lipinski definition) is 2. The lowest BCUT2D eigenvalue weighted by atomic mass is 10.0. The van der Waals surface area contributed by atoms with E-state index >= 15 is 0 Å². The summed E-state index contributed by atoms with van der Waals surface area (Å²) in [6.45, 7) is 4.50. The topological polar surface area (TPSA) is 47.6 Å². The molecule has 0 bridgehead atoms. The van der Waals surface area contributed by atoms with Crippen molar-refractivity contribution < 1.29 is 4.79 Å². The maximum absolute atomic E-state index is 12.8. The number of fused-ring (bicyclic) bond motifs is 1. The molecule has 1 saturated carbocycles. The zero-order valence-corrected chi connectivity index (χ0v) is 15.7. The van der Waals surface area contributed by atoms with Crippen LogP contribution in [0, 0.1) is 5.92 Å². The van der Waals surface area contributed by atoms with E-state index < -0.39 is 0 Å². The molecule has 2 unspecified atom stereocenters. The van der Waals surface area contributed by atoms with Gasteiger partial charge >= 0.3 is 0 Å². The van der Waals surface area contributed by atoms with Crippen molar-refractivity contribution in [1.29, 1.82) is 0 Å². The van der Waals surface area contributed by atoms with Crippen LogP contribution in [0.3, 0.4) is 0 Å². The van der Waals surface area contributed by atoms with Gasteiger partial charge in [0, 0.05) is 38.8 Å². The predicted molar refractivity (Wildman–Crippen MR) is 107 cm³/mol. The first-order valence-corrected chi connectivity index (χ1v) is 10.3. The molecule has 2 N–H and O–H groups in total. The molecule has 27 heavy (non-hydrogen) atoms. The SMILES string of the molecule is O=C(C1CC(C2CC2)NN1)N1CCN(Cc2cccc3ccccc23)CC1. The van der Waals surface area contributed by atoms with Gasteiger partial charge < -0.3 is 4.90 Å². The van der Waals surface area contributed by atoms with Gasteiger partial charge in [0.05, 0.1) is 0 Å². The molecular formula is C22H28N4O. The van der Waals surface area contributed by atoms with Crippen molar-refractivity contribution in [2.75, 3.05) is 26.2 Å². The number of carbonyl (C=O) groups is 1. The summed E-state index contributed by atoms with van der Waals surface area (Å²) in [5.41, 5.74) is 7.96. The Morgan fingerprint density at radius 3 is 2.56 bits per heavy atom. The normalized spacial score (nSPS) is 26.6. The largest absolute Gasteiger partial charge is 0.339 e. The van der Waals surface area contributed by atoms with Gasteiger partial charge in [0.2, 0.25) is 5.91 Å². The second kappa shape index (κ2) is 7.23. The fraction of sp³-hybridized carbons (Fsp3) is 0.500. The van der Waals surface area contributed by atoms with Gasteiger partial charge in [-0.3, -0.25) is 15.1 Å². The minimum absolute atomic E-state index is 0.0415. The highest BCUT2D eigenvalue weighted by Gasteiger charge is 2.40. The molecule has 1 amide bonds. The van der Waals surface area contributed by atoms with Crippen LogP contribution >= 0.6 is 0 Å². The van der Waals surface area contributed by atoms with E-state index in [2.05, 4.69) is 58.2 Å². The molecule has 2 aromatic carbocycles. The van der Waals surface area contributed by atoms with Crippen LogP contribution in [0.15, 0.2) is 42.5 Å². The average Bonchev–Trinajstić information content (AvgIpc) is 3.45. The Morgan fingerprint density at radius 1 is 0.963 bits per heavy atom. The molecule has 5 nitrogen and oxygen atoms in total. The van der Waals surface area contributed by atoms with Crippen LogP contribution in [0.4, 0.5) is 0 Å². The number of piperazine rings is 1. The molecular weight excluding hydrogens is 336 g/mol. The van der Waals surface area contributed by atoms with Gasteiger partial charge in [0.1, 0.15) is 6.04 Å². The van der Waals surface area contributed by atoms with Crippen molar-refractivity contribution in [3.63, 3.8) is 0 Å². The lowest BCUT2D eigenvalue weighted by Gasteiger charge is -2.36. The molecule has 142 valence electrons. The number of hydrazine groups is 1. The molecule has 2 aliphatic heterocycles. The third-order valence-electron chi connectivity index (χ3n) is 6.38. The number of benzene rings is 2. The highest BCUT2D eigenvalue weighted by Crippen LogP contribution is 2.35. The van der Waals surface area contributed by atoms with Gasteiger partial charge in [0.25, 0.3) is 0 Å². The third kappa shape index (κ3) is 3.59. The van der Waals surface area contributed by atoms with Crippen molar-refractivity contribution in [3.05, 3.63) is 48.0 Å². The first kappa shape index (κ1) is 17.2.